The zero-order valence-corrected chi connectivity index (χ0v) is 55.8. The van der Waals surface area contributed by atoms with Crippen LogP contribution in [0.2, 0.25) is 0 Å². The van der Waals surface area contributed by atoms with Crippen LogP contribution in [0.1, 0.15) is 174 Å². The van der Waals surface area contributed by atoms with E-state index >= 15 is 4.39 Å². The summed E-state index contributed by atoms with van der Waals surface area (Å²) in [5.74, 6) is 0.193. The number of phosphoric acid groups is 3. The molecule has 3 unspecified atom stereocenters. The molecular formula is C47H86F2N15O22P5. The van der Waals surface area contributed by atoms with E-state index < -0.39 is 99.7 Å². The molecule has 13 N–H and O–H groups in total. The first-order chi connectivity index (χ1) is 43.0. The number of fused-ring (bicyclic) bond motifs is 2. The van der Waals surface area contributed by atoms with Gasteiger partial charge in [-0.05, 0) is 42.3 Å². The second-order valence-electron chi connectivity index (χ2n) is 20.3. The molecule has 91 heavy (non-hydrogen) atoms. The molecule has 0 spiro atoms. The van der Waals surface area contributed by atoms with Crippen LogP contribution in [0.25, 0.3) is 31.9 Å². The first kappa shape index (κ1) is 83.0. The molecule has 520 valence electrons. The molecule has 0 bridgehead atoms. The fourth-order valence-electron chi connectivity index (χ4n) is 8.60. The number of nitrogen functional groups attached to an aromatic ring is 1. The standard InChI is InChI=1S/C12H16FN6O12P3.C11H12FN7O3.C8H22N2O7P2.2C8H18/c1-6-7-2-3-8(19(7)16-5-15-6)10-9(13)11(20)12(29-10,17-18-14)4-28-33(24,25)31-34(26,27)30-32(21,22)23;12-7-8(22-11(3-20,9(7)21)17-18-14)5-1-2-6-10(13)15-4-16-19(5)6;1-3-5-7-9-19(16-12,17-15-11,18(13)14)10-8-6-4-2;2*1-3-5-7-8-6-4-2/h2-3,5,9-11,20H,4H2,1H3,(H,24,25)(H,26,27)(H2,21,22,23);1-2,4,7-9,20-21H,3H2,(H2,13,15,16);9-12H,3-8H2,1-2H3;2*3-8H2,1-2H3/t9-,10-,11-,12+;7-,8-,9-,11+;;;/m00.../s1. The van der Waals surface area contributed by atoms with Gasteiger partial charge in [0.1, 0.15) is 42.6 Å². The number of rotatable bonds is 34. The van der Waals surface area contributed by atoms with Gasteiger partial charge in [-0.25, -0.2) is 41.5 Å². The molecule has 2 aliphatic heterocycles. The molecule has 2 aliphatic rings. The fourth-order valence-corrected chi connectivity index (χ4v) is 15.3. The summed E-state index contributed by atoms with van der Waals surface area (Å²) in [6.07, 6.45) is 10.9. The number of alkyl halides is 2. The number of ether oxygens (including phenoxy) is 2. The van der Waals surface area contributed by atoms with Gasteiger partial charge in [0.05, 0.1) is 35.8 Å². The van der Waals surface area contributed by atoms with Crippen molar-refractivity contribution in [3.05, 3.63) is 74.9 Å². The molecule has 0 amide bonds. The number of nitrogens with zero attached hydrogens (tertiary/aromatic N) is 12. The Balaban J connectivity index is 0.000000429. The number of phosphoric ester groups is 1. The van der Waals surface area contributed by atoms with Gasteiger partial charge in [-0.3, -0.25) is 4.52 Å². The summed E-state index contributed by atoms with van der Waals surface area (Å²) in [6.45, 7) is 12.6. The number of hydrogen-bond acceptors (Lipinski definition) is 27. The van der Waals surface area contributed by atoms with Crippen molar-refractivity contribution in [2.75, 3.05) is 32.0 Å². The number of nitrogens with one attached hydrogen (secondary N) is 2. The van der Waals surface area contributed by atoms with Crippen LogP contribution in [0.4, 0.5) is 14.6 Å². The SMILES string of the molecule is CCCCCCCC.CCCCCCCC.CCCCNP(NCCCC)(OO)(OOO)[P+](=O)[O-].Cc1ncnn2c([C@@H]3O[C@@](COP(=O)(O)OP(=O)(O)OP(=O)(O)O)(N=[N+]=[N-])[C@@H](O)[C@H]3F)ccc12.[N-]=[N+]=N[C@]1(CO)O[C@@H](c2ccc3c(N)ncnn23)[C@H](F)[C@@H]1O. The molecule has 4 aromatic heterocycles. The van der Waals surface area contributed by atoms with Crippen LogP contribution in [0.3, 0.4) is 0 Å². The number of hydrogen-bond donors (Lipinski definition) is 12. The summed E-state index contributed by atoms with van der Waals surface area (Å²) in [4.78, 5) is 60.1. The number of aliphatic hydroxyl groups is 3. The largest absolute Gasteiger partial charge is 0.490 e. The van der Waals surface area contributed by atoms with Crippen molar-refractivity contribution >= 4 is 55.1 Å². The van der Waals surface area contributed by atoms with E-state index in [1.165, 1.54) is 117 Å². The Morgan fingerprint density at radius 2 is 1.14 bits per heavy atom. The molecule has 6 heterocycles. The zero-order valence-electron chi connectivity index (χ0n) is 51.3. The van der Waals surface area contributed by atoms with Crippen molar-refractivity contribution in [3.8, 4) is 0 Å². The second-order valence-corrected chi connectivity index (χ2v) is 31.1. The van der Waals surface area contributed by atoms with Gasteiger partial charge in [0.2, 0.25) is 0 Å². The topological polar surface area (TPSA) is 555 Å². The normalized spacial score (nSPS) is 23.2. The van der Waals surface area contributed by atoms with E-state index in [-0.39, 0.29) is 30.3 Å². The molecule has 11 atom stereocenters. The quantitative estimate of drug-likeness (QED) is 0.00393. The molecule has 4 aromatic rings. The van der Waals surface area contributed by atoms with Gasteiger partial charge in [-0.15, -0.1) is 0 Å². The Morgan fingerprint density at radius 3 is 1.56 bits per heavy atom. The number of aryl methyl sites for hydroxylation is 1. The van der Waals surface area contributed by atoms with Crippen molar-refractivity contribution in [2.24, 2.45) is 10.2 Å². The Kier molecular flexibility index (Phi) is 36.2. The smallest absolute Gasteiger partial charge is 0.393 e. The monoisotopic (exact) mass is 1410 g/mol. The Labute approximate surface area is 523 Å². The zero-order chi connectivity index (χ0) is 68.7. The Morgan fingerprint density at radius 1 is 0.714 bits per heavy atom. The maximum absolute atomic E-state index is 15.0. The van der Waals surface area contributed by atoms with Crippen LogP contribution < -0.4 is 20.8 Å². The van der Waals surface area contributed by atoms with E-state index in [0.29, 0.717) is 29.6 Å². The number of aliphatic hydroxyl groups excluding tert-OH is 3. The third-order valence-corrected chi connectivity index (χ3v) is 23.0. The van der Waals surface area contributed by atoms with Crippen molar-refractivity contribution in [2.45, 2.75) is 199 Å². The van der Waals surface area contributed by atoms with Crippen LogP contribution in [-0.4, -0.2) is 137 Å². The van der Waals surface area contributed by atoms with Crippen LogP contribution in [0, 0.1) is 6.92 Å². The molecule has 0 aromatic carbocycles. The average Bonchev–Trinajstić information content (AvgIpc) is 1.75. The molecule has 37 nitrogen and oxygen atoms in total. The summed E-state index contributed by atoms with van der Waals surface area (Å²) in [7, 11) is -25.5. The minimum atomic E-state index is -5.85. The van der Waals surface area contributed by atoms with Crippen molar-refractivity contribution in [1.82, 2.24) is 39.4 Å². The van der Waals surface area contributed by atoms with Crippen molar-refractivity contribution in [3.63, 3.8) is 0 Å². The van der Waals surface area contributed by atoms with E-state index in [1.807, 2.05) is 13.8 Å². The Hall–Kier alpha value is -4.06. The van der Waals surface area contributed by atoms with Gasteiger partial charge < -0.3 is 50.1 Å². The number of azide groups is 2. The fraction of sp³-hybridized carbons (Fsp3) is 0.745. The number of halogens is 2. The van der Waals surface area contributed by atoms with E-state index in [9.17, 15) is 52.7 Å². The maximum atomic E-state index is 15.0. The molecule has 44 heteroatoms. The molecule has 2 saturated heterocycles. The van der Waals surface area contributed by atoms with Gasteiger partial charge in [-0.2, -0.15) is 18.8 Å². The van der Waals surface area contributed by atoms with Gasteiger partial charge in [0.15, 0.2) is 29.6 Å². The minimum absolute atomic E-state index is 0.0420. The summed E-state index contributed by atoms with van der Waals surface area (Å²) < 4.78 is 108. The molecule has 2 fully saturated rings. The van der Waals surface area contributed by atoms with Gasteiger partial charge in [0, 0.05) is 9.82 Å². The maximum Gasteiger partial charge on any atom is 0.490 e. The van der Waals surface area contributed by atoms with Crippen molar-refractivity contribution in [1.29, 1.82) is 0 Å². The number of aromatic nitrogens is 6. The molecule has 6 rings (SSSR count). The number of unbranched alkanes of at least 4 members (excludes halogenated alkanes) is 12. The Bertz CT molecular complexity index is 3070. The van der Waals surface area contributed by atoms with Crippen LogP contribution in [0.15, 0.2) is 47.1 Å². The van der Waals surface area contributed by atoms with E-state index in [4.69, 9.17) is 46.6 Å². The molecule has 0 saturated carbocycles. The first-order valence-electron chi connectivity index (χ1n) is 28.9. The summed E-state index contributed by atoms with van der Waals surface area (Å²) in [5, 5.41) is 69.9. The van der Waals surface area contributed by atoms with Crippen LogP contribution in [-0.2, 0) is 55.3 Å². The molecular weight excluding hydrogens is 1320 g/mol. The predicted octanol–water partition coefficient (Wildman–Crippen LogP) is 9.88. The third-order valence-electron chi connectivity index (χ3n) is 13.4. The molecule has 0 aliphatic carbocycles. The second kappa shape index (κ2) is 39.7. The molecule has 0 radical (unpaired) electrons. The third kappa shape index (κ3) is 24.0. The summed E-state index contributed by atoms with van der Waals surface area (Å²) in [6, 6.07) is 5.98. The van der Waals surface area contributed by atoms with Gasteiger partial charge >= 0.3 is 135 Å². The predicted molar refractivity (Wildman–Crippen MR) is 322 cm³/mol. The average molecular weight is 1410 g/mol. The van der Waals surface area contributed by atoms with E-state index in [2.05, 4.69) is 106 Å². The minimum Gasteiger partial charge on any atom is -0.393 e. The van der Waals surface area contributed by atoms with Crippen molar-refractivity contribution < 1.29 is 114 Å². The summed E-state index contributed by atoms with van der Waals surface area (Å²) in [5.41, 5.74) is 20.0. The number of anilines is 1. The van der Waals surface area contributed by atoms with Crippen LogP contribution >= 0.6 is 38.2 Å². The van der Waals surface area contributed by atoms with Crippen LogP contribution in [0.5, 0.6) is 0 Å². The number of nitrogens with two attached hydrogens (primary N) is 1. The van der Waals surface area contributed by atoms with E-state index in [1.54, 1.807) is 13.0 Å². The van der Waals surface area contributed by atoms with Gasteiger partial charge in [-0.1, -0.05) is 115 Å². The van der Waals surface area contributed by atoms with Gasteiger partial charge in [0.25, 0.3) is 0 Å². The summed E-state index contributed by atoms with van der Waals surface area (Å²) >= 11 is 0. The first-order valence-corrected chi connectivity index (χ1v) is 37.4. The van der Waals surface area contributed by atoms with E-state index in [0.717, 1.165) is 12.8 Å².